The van der Waals surface area contributed by atoms with Gasteiger partial charge in [-0.15, -0.1) is 0 Å². The highest BCUT2D eigenvalue weighted by atomic mass is 35.5. The van der Waals surface area contributed by atoms with Crippen LogP contribution in [0, 0.1) is 0 Å². The average molecular weight is 428 g/mol. The van der Waals surface area contributed by atoms with Crippen LogP contribution in [-0.4, -0.2) is 33.6 Å². The van der Waals surface area contributed by atoms with Crippen LogP contribution in [0.3, 0.4) is 0 Å². The molecule has 2 aromatic carbocycles. The van der Waals surface area contributed by atoms with Crippen molar-refractivity contribution < 1.29 is 27.8 Å². The predicted octanol–water partition coefficient (Wildman–Crippen LogP) is 4.28. The molecule has 29 heavy (non-hydrogen) atoms. The zero-order valence-electron chi connectivity index (χ0n) is 15.2. The van der Waals surface area contributed by atoms with E-state index in [1.807, 2.05) is 0 Å². The lowest BCUT2D eigenvalue weighted by atomic mass is 9.89. The number of ether oxygens (including phenoxy) is 2. The zero-order chi connectivity index (χ0) is 21.1. The normalized spacial score (nSPS) is 13.9. The number of hydrogen-bond donors (Lipinski definition) is 1. The molecule has 1 N–H and O–H groups in total. The van der Waals surface area contributed by atoms with Crippen molar-refractivity contribution in [3.8, 4) is 11.5 Å². The van der Waals surface area contributed by atoms with Crippen molar-refractivity contribution in [3.05, 3.63) is 71.3 Å². The van der Waals surface area contributed by atoms with Crippen LogP contribution in [0.5, 0.6) is 11.5 Å². The van der Waals surface area contributed by atoms with Crippen LogP contribution < -0.4 is 4.74 Å². The molecule has 3 aromatic rings. The first-order valence-corrected chi connectivity index (χ1v) is 8.78. The lowest BCUT2D eigenvalue weighted by Gasteiger charge is -2.30. The maximum absolute atomic E-state index is 13.8. The van der Waals surface area contributed by atoms with Gasteiger partial charge in [-0.05, 0) is 36.4 Å². The predicted molar refractivity (Wildman–Crippen MR) is 98.8 cm³/mol. The van der Waals surface area contributed by atoms with Gasteiger partial charge in [0.15, 0.2) is 0 Å². The van der Waals surface area contributed by atoms with E-state index in [-0.39, 0.29) is 24.5 Å². The third kappa shape index (κ3) is 5.06. The summed E-state index contributed by atoms with van der Waals surface area (Å²) in [7, 11) is 1.29. The van der Waals surface area contributed by atoms with Gasteiger partial charge in [0, 0.05) is 17.7 Å². The van der Waals surface area contributed by atoms with E-state index in [1.165, 1.54) is 48.7 Å². The molecule has 0 spiro atoms. The molecule has 1 unspecified atom stereocenters. The third-order valence-electron chi connectivity index (χ3n) is 4.12. The summed E-state index contributed by atoms with van der Waals surface area (Å²) >= 11 is 5.80. The van der Waals surface area contributed by atoms with Crippen LogP contribution in [-0.2, 0) is 23.1 Å². The van der Waals surface area contributed by atoms with Crippen LogP contribution in [0.2, 0.25) is 5.02 Å². The van der Waals surface area contributed by atoms with Crippen molar-refractivity contribution in [3.63, 3.8) is 0 Å². The second kappa shape index (κ2) is 8.40. The highest BCUT2D eigenvalue weighted by Gasteiger charge is 2.42. The van der Waals surface area contributed by atoms with E-state index < -0.39 is 17.3 Å². The molecule has 0 aliphatic heterocycles. The highest BCUT2D eigenvalue weighted by molar-refractivity contribution is 6.30. The van der Waals surface area contributed by atoms with Crippen LogP contribution in [0.4, 0.5) is 13.2 Å². The van der Waals surface area contributed by atoms with Gasteiger partial charge >= 0.3 is 6.18 Å². The molecule has 1 atom stereocenters. The summed E-state index contributed by atoms with van der Waals surface area (Å²) in [5.41, 5.74) is -3.39. The molecule has 0 bridgehead atoms. The summed E-state index contributed by atoms with van der Waals surface area (Å²) in [6, 6.07) is 9.55. The van der Waals surface area contributed by atoms with E-state index in [2.05, 4.69) is 10.1 Å². The number of aromatic nitrogens is 3. The third-order valence-corrected chi connectivity index (χ3v) is 4.37. The monoisotopic (exact) mass is 427 g/mol. The van der Waals surface area contributed by atoms with E-state index in [4.69, 9.17) is 21.1 Å². The van der Waals surface area contributed by atoms with E-state index in [0.717, 1.165) is 6.07 Å². The largest absolute Gasteiger partial charge is 0.457 e. The molecule has 0 saturated carbocycles. The van der Waals surface area contributed by atoms with Crippen molar-refractivity contribution in [2.24, 2.45) is 0 Å². The second-order valence-electron chi connectivity index (χ2n) is 6.32. The van der Waals surface area contributed by atoms with Crippen LogP contribution in [0.25, 0.3) is 0 Å². The molecule has 0 amide bonds. The van der Waals surface area contributed by atoms with Crippen LogP contribution in [0.1, 0.15) is 11.1 Å². The molecule has 0 radical (unpaired) electrons. The number of aliphatic hydroxyl groups is 1. The standard InChI is InChI=1S/C19H17ClF3N3O3/c1-28-10-18(27,9-26-12-24-11-25-26)16-7-6-15(8-17(16)19(21,22)23)29-14-4-2-13(20)3-5-14/h2-8,11-12,27H,9-10H2,1H3. The molecule has 1 aromatic heterocycles. The Labute approximate surface area is 169 Å². The Morgan fingerprint density at radius 1 is 1.07 bits per heavy atom. The lowest BCUT2D eigenvalue weighted by Crippen LogP contribution is -2.38. The van der Waals surface area contributed by atoms with Crippen molar-refractivity contribution >= 4 is 11.6 Å². The minimum absolute atomic E-state index is 0.0380. The van der Waals surface area contributed by atoms with Gasteiger partial charge in [-0.3, -0.25) is 0 Å². The van der Waals surface area contributed by atoms with Gasteiger partial charge in [0.05, 0.1) is 18.7 Å². The summed E-state index contributed by atoms with van der Waals surface area (Å²) in [6.07, 6.45) is -2.22. The van der Waals surface area contributed by atoms with E-state index >= 15 is 0 Å². The van der Waals surface area contributed by atoms with Gasteiger partial charge < -0.3 is 14.6 Å². The number of benzene rings is 2. The van der Waals surface area contributed by atoms with Gasteiger partial charge in [0.2, 0.25) is 0 Å². The number of nitrogens with zero attached hydrogens (tertiary/aromatic N) is 3. The fourth-order valence-electron chi connectivity index (χ4n) is 2.90. The molecule has 154 valence electrons. The molecule has 0 aliphatic carbocycles. The van der Waals surface area contributed by atoms with Gasteiger partial charge in [0.25, 0.3) is 0 Å². The average Bonchev–Trinajstić information content (AvgIpc) is 3.16. The second-order valence-corrected chi connectivity index (χ2v) is 6.76. The number of halogens is 4. The highest BCUT2D eigenvalue weighted by Crippen LogP contribution is 2.40. The molecule has 10 heteroatoms. The minimum atomic E-state index is -4.74. The molecule has 0 fully saturated rings. The first-order valence-electron chi connectivity index (χ1n) is 8.40. The maximum atomic E-state index is 13.8. The van der Waals surface area contributed by atoms with Crippen LogP contribution >= 0.6 is 11.6 Å². The van der Waals surface area contributed by atoms with Gasteiger partial charge in [0.1, 0.15) is 29.8 Å². The maximum Gasteiger partial charge on any atom is 0.416 e. The summed E-state index contributed by atoms with van der Waals surface area (Å²) in [5.74, 6) is 0.286. The fraction of sp³-hybridized carbons (Fsp3) is 0.263. The molecular formula is C19H17ClF3N3O3. The minimum Gasteiger partial charge on any atom is -0.457 e. The SMILES string of the molecule is COCC(O)(Cn1cncn1)c1ccc(Oc2ccc(Cl)cc2)cc1C(F)(F)F. The topological polar surface area (TPSA) is 69.4 Å². The number of methoxy groups -OCH3 is 1. The quantitative estimate of drug-likeness (QED) is 0.609. The van der Waals surface area contributed by atoms with Crippen molar-refractivity contribution in [1.82, 2.24) is 14.8 Å². The molecule has 3 rings (SSSR count). The zero-order valence-corrected chi connectivity index (χ0v) is 16.0. The molecule has 0 saturated heterocycles. The first-order chi connectivity index (χ1) is 13.7. The summed E-state index contributed by atoms with van der Waals surface area (Å²) in [5, 5.41) is 15.4. The van der Waals surface area contributed by atoms with Gasteiger partial charge in [-0.25, -0.2) is 9.67 Å². The Morgan fingerprint density at radius 3 is 2.34 bits per heavy atom. The van der Waals surface area contributed by atoms with Crippen LogP contribution in [0.15, 0.2) is 55.1 Å². The summed E-state index contributed by atoms with van der Waals surface area (Å²) < 4.78 is 53.2. The Bertz CT molecular complexity index is 950. The van der Waals surface area contributed by atoms with E-state index in [9.17, 15) is 18.3 Å². The number of alkyl halides is 3. The number of rotatable bonds is 7. The molecule has 6 nitrogen and oxygen atoms in total. The Kier molecular flexibility index (Phi) is 6.11. The summed E-state index contributed by atoms with van der Waals surface area (Å²) in [6.45, 7) is -0.658. The smallest absolute Gasteiger partial charge is 0.416 e. The molecule has 1 heterocycles. The van der Waals surface area contributed by atoms with Gasteiger partial charge in [-0.1, -0.05) is 17.7 Å². The Morgan fingerprint density at radius 2 is 1.76 bits per heavy atom. The number of hydrogen-bond acceptors (Lipinski definition) is 5. The summed E-state index contributed by atoms with van der Waals surface area (Å²) in [4.78, 5) is 3.75. The Hall–Kier alpha value is -2.62. The molecular weight excluding hydrogens is 411 g/mol. The first kappa shape index (κ1) is 21.1. The van der Waals surface area contributed by atoms with Crippen molar-refractivity contribution in [1.29, 1.82) is 0 Å². The molecule has 0 aliphatic rings. The Balaban J connectivity index is 2.01. The van der Waals surface area contributed by atoms with Gasteiger partial charge in [-0.2, -0.15) is 18.3 Å². The van der Waals surface area contributed by atoms with E-state index in [1.54, 1.807) is 12.1 Å². The fourth-order valence-corrected chi connectivity index (χ4v) is 3.02. The van der Waals surface area contributed by atoms with Crippen molar-refractivity contribution in [2.75, 3.05) is 13.7 Å². The van der Waals surface area contributed by atoms with E-state index in [0.29, 0.717) is 10.8 Å². The van der Waals surface area contributed by atoms with Crippen molar-refractivity contribution in [2.45, 2.75) is 18.3 Å². The lowest BCUT2D eigenvalue weighted by molar-refractivity contribution is -0.142.